The summed E-state index contributed by atoms with van der Waals surface area (Å²) < 4.78 is 12.1. The minimum atomic E-state index is -0.494. The van der Waals surface area contributed by atoms with Crippen molar-refractivity contribution in [3.63, 3.8) is 0 Å². The second-order valence-corrected chi connectivity index (χ2v) is 11.5. The lowest BCUT2D eigenvalue weighted by atomic mass is 9.80. The average molecular weight is 455 g/mol. The molecule has 11 heteroatoms. The van der Waals surface area contributed by atoms with Gasteiger partial charge in [0.15, 0.2) is 0 Å². The fourth-order valence-corrected chi connectivity index (χ4v) is 5.32. The number of hydrogen-bond acceptors (Lipinski definition) is 11. The van der Waals surface area contributed by atoms with Crippen LogP contribution in [0.3, 0.4) is 0 Å². The Morgan fingerprint density at radius 2 is 1.00 bits per heavy atom. The highest BCUT2D eigenvalue weighted by Crippen LogP contribution is 2.39. The summed E-state index contributed by atoms with van der Waals surface area (Å²) in [6.07, 6.45) is 1.76. The van der Waals surface area contributed by atoms with Crippen molar-refractivity contribution in [2.24, 2.45) is 0 Å². The lowest BCUT2D eigenvalue weighted by Crippen LogP contribution is -2.61. The molecule has 0 unspecified atom stereocenters. The number of nitrogens with zero attached hydrogens (tertiary/aromatic N) is 5. The molecule has 0 amide bonds. The predicted octanol–water partition coefficient (Wildman–Crippen LogP) is 3.25. The number of hydrogen-bond donors (Lipinski definition) is 4. The van der Waals surface area contributed by atoms with Gasteiger partial charge in [-0.15, -0.1) is 4.98 Å². The Labute approximate surface area is 189 Å². The van der Waals surface area contributed by atoms with E-state index in [0.29, 0.717) is 25.7 Å². The first-order chi connectivity index (χ1) is 14.6. The average Bonchev–Trinajstić information content (AvgIpc) is 2.63. The van der Waals surface area contributed by atoms with E-state index in [2.05, 4.69) is 15.0 Å². The number of nitrogens with one attached hydrogen (secondary N) is 1. The van der Waals surface area contributed by atoms with Gasteiger partial charge in [-0.1, -0.05) is 0 Å². The Bertz CT molecular complexity index is 733. The second kappa shape index (κ2) is 8.21. The van der Waals surface area contributed by atoms with Gasteiger partial charge in [0.05, 0.1) is 0 Å². The van der Waals surface area contributed by atoms with Crippen molar-refractivity contribution in [1.82, 2.24) is 25.1 Å². The number of hydroxylamine groups is 4. The summed E-state index contributed by atoms with van der Waals surface area (Å²) >= 11 is 0. The van der Waals surface area contributed by atoms with Crippen LogP contribution in [-0.4, -0.2) is 75.1 Å². The molecule has 1 aromatic heterocycles. The van der Waals surface area contributed by atoms with E-state index in [1.807, 2.05) is 60.9 Å². The molecule has 3 heterocycles. The van der Waals surface area contributed by atoms with Crippen LogP contribution in [0.15, 0.2) is 0 Å². The van der Waals surface area contributed by atoms with Crippen molar-refractivity contribution in [3.05, 3.63) is 0 Å². The zero-order valence-electron chi connectivity index (χ0n) is 20.4. The molecule has 3 rings (SSSR count). The Morgan fingerprint density at radius 1 is 0.688 bits per heavy atom. The number of rotatable bonds is 5. The van der Waals surface area contributed by atoms with Crippen LogP contribution in [0.1, 0.15) is 81.1 Å². The molecular weight excluding hydrogens is 416 g/mol. The molecule has 0 bridgehead atoms. The molecule has 2 aliphatic heterocycles. The summed E-state index contributed by atoms with van der Waals surface area (Å²) in [5.41, 5.74) is -0.0324. The lowest BCUT2D eigenvalue weighted by Gasteiger charge is -2.51. The minimum Gasteiger partial charge on any atom is -0.460 e. The summed E-state index contributed by atoms with van der Waals surface area (Å²) in [6.45, 7) is 15.6. The van der Waals surface area contributed by atoms with Crippen molar-refractivity contribution >= 4 is 5.95 Å². The molecule has 2 aliphatic rings. The van der Waals surface area contributed by atoms with Crippen molar-refractivity contribution in [3.8, 4) is 12.0 Å². The molecule has 32 heavy (non-hydrogen) atoms. The fraction of sp³-hybridized carbons (Fsp3) is 0.857. The Kier molecular flexibility index (Phi) is 6.37. The van der Waals surface area contributed by atoms with Gasteiger partial charge in [0.1, 0.15) is 12.2 Å². The summed E-state index contributed by atoms with van der Waals surface area (Å²) in [5, 5.41) is 33.2. The first-order valence-electron chi connectivity index (χ1n) is 11.0. The Morgan fingerprint density at radius 3 is 1.28 bits per heavy atom. The summed E-state index contributed by atoms with van der Waals surface area (Å²) in [4.78, 5) is 12.6. The van der Waals surface area contributed by atoms with Gasteiger partial charge >= 0.3 is 12.0 Å². The maximum absolute atomic E-state index is 10.5. The second-order valence-electron chi connectivity index (χ2n) is 11.5. The molecule has 0 spiro atoms. The maximum atomic E-state index is 10.5. The smallest absolute Gasteiger partial charge is 0.324 e. The summed E-state index contributed by atoms with van der Waals surface area (Å²) in [7, 11) is 0. The van der Waals surface area contributed by atoms with Crippen LogP contribution < -0.4 is 15.0 Å². The molecule has 4 N–H and O–H groups in total. The molecule has 182 valence electrons. The van der Waals surface area contributed by atoms with Gasteiger partial charge in [0.25, 0.3) is 5.95 Å². The lowest BCUT2D eigenvalue weighted by molar-refractivity contribution is -0.255. The third kappa shape index (κ3) is 5.07. The first kappa shape index (κ1) is 24.8. The largest absolute Gasteiger partial charge is 0.460 e. The fourth-order valence-electron chi connectivity index (χ4n) is 5.32. The Hall–Kier alpha value is -1.79. The first-order valence-corrected chi connectivity index (χ1v) is 11.0. The van der Waals surface area contributed by atoms with Crippen LogP contribution >= 0.6 is 0 Å². The number of anilines is 1. The van der Waals surface area contributed by atoms with Crippen molar-refractivity contribution in [2.45, 2.75) is 115 Å². The molecular formula is C21H38N6O5. The molecule has 0 aromatic carbocycles. The topological polar surface area (TPSA) is 136 Å². The van der Waals surface area contributed by atoms with Gasteiger partial charge in [-0.05, 0) is 55.4 Å². The van der Waals surface area contributed by atoms with Gasteiger partial charge < -0.3 is 19.9 Å². The molecule has 11 nitrogen and oxygen atoms in total. The maximum Gasteiger partial charge on any atom is 0.324 e. The Balaban J connectivity index is 1.79. The van der Waals surface area contributed by atoms with E-state index >= 15 is 0 Å². The SMILES string of the molecule is CC1(C)CC(Oc2nc(NO)nc(OC3CC(C)(C)N(O)C(C)(C)C3)n2)CC(C)(C)N1O. The van der Waals surface area contributed by atoms with E-state index in [9.17, 15) is 15.6 Å². The summed E-state index contributed by atoms with van der Waals surface area (Å²) in [6, 6.07) is 0.0697. The van der Waals surface area contributed by atoms with Crippen LogP contribution in [0, 0.1) is 0 Å². The van der Waals surface area contributed by atoms with E-state index in [1.54, 1.807) is 0 Å². The van der Waals surface area contributed by atoms with Crippen LogP contribution in [-0.2, 0) is 0 Å². The van der Waals surface area contributed by atoms with Gasteiger partial charge in [-0.3, -0.25) is 5.21 Å². The van der Waals surface area contributed by atoms with Gasteiger partial charge in [-0.25, -0.2) is 5.48 Å². The van der Waals surface area contributed by atoms with Gasteiger partial charge in [0.2, 0.25) is 0 Å². The van der Waals surface area contributed by atoms with E-state index in [1.165, 1.54) is 10.1 Å². The molecule has 2 saturated heterocycles. The molecule has 0 atom stereocenters. The zero-order chi connectivity index (χ0) is 24.1. The van der Waals surface area contributed by atoms with E-state index < -0.39 is 22.2 Å². The number of piperidine rings is 2. The van der Waals surface area contributed by atoms with Crippen molar-refractivity contribution < 1.29 is 25.1 Å². The highest BCUT2D eigenvalue weighted by Gasteiger charge is 2.47. The minimum absolute atomic E-state index is 0.0349. The molecule has 1 aromatic rings. The standard InChI is InChI=1S/C21H38N6O5/c1-18(2)9-13(10-19(3,4)26(18)29)31-16-22-15(25-28)23-17(24-16)32-14-11-20(5,6)27(30)21(7,8)12-14/h13-14,28-30H,9-12H2,1-8H3,(H,22,23,24,25). The zero-order valence-corrected chi connectivity index (χ0v) is 20.4. The van der Waals surface area contributed by atoms with E-state index in [-0.39, 0.29) is 30.2 Å². The predicted molar refractivity (Wildman–Crippen MR) is 116 cm³/mol. The van der Waals surface area contributed by atoms with Crippen LogP contribution in [0.2, 0.25) is 0 Å². The number of ether oxygens (including phenoxy) is 2. The molecule has 2 fully saturated rings. The van der Waals surface area contributed by atoms with Crippen molar-refractivity contribution in [2.75, 3.05) is 5.48 Å². The highest BCUT2D eigenvalue weighted by molar-refractivity contribution is 5.24. The van der Waals surface area contributed by atoms with Gasteiger partial charge in [0, 0.05) is 47.8 Å². The normalized spacial score (nSPS) is 26.0. The summed E-state index contributed by atoms with van der Waals surface area (Å²) in [5.74, 6) is -0.0822. The number of aromatic nitrogens is 3. The van der Waals surface area contributed by atoms with Crippen LogP contribution in [0.5, 0.6) is 12.0 Å². The van der Waals surface area contributed by atoms with Crippen molar-refractivity contribution in [1.29, 1.82) is 0 Å². The quantitative estimate of drug-likeness (QED) is 0.488. The third-order valence-corrected chi connectivity index (χ3v) is 6.44. The van der Waals surface area contributed by atoms with E-state index in [4.69, 9.17) is 9.47 Å². The van der Waals surface area contributed by atoms with Crippen LogP contribution in [0.4, 0.5) is 5.95 Å². The third-order valence-electron chi connectivity index (χ3n) is 6.44. The van der Waals surface area contributed by atoms with Gasteiger partial charge in [-0.2, -0.15) is 20.1 Å². The monoisotopic (exact) mass is 454 g/mol. The molecule has 0 radical (unpaired) electrons. The molecule has 0 aliphatic carbocycles. The highest BCUT2D eigenvalue weighted by atomic mass is 16.5. The molecule has 0 saturated carbocycles. The van der Waals surface area contributed by atoms with E-state index in [0.717, 1.165) is 0 Å². The van der Waals surface area contributed by atoms with Crippen LogP contribution in [0.25, 0.3) is 0 Å².